The molecule has 4 heteroatoms. The lowest BCUT2D eigenvalue weighted by Crippen LogP contribution is -2.11. The molecule has 0 saturated carbocycles. The summed E-state index contributed by atoms with van der Waals surface area (Å²) in [5.41, 5.74) is 4.18. The van der Waals surface area contributed by atoms with Crippen molar-refractivity contribution < 1.29 is 9.53 Å². The van der Waals surface area contributed by atoms with Crippen LogP contribution in [0.5, 0.6) is 5.75 Å². The van der Waals surface area contributed by atoms with Crippen LogP contribution in [0.25, 0.3) is 6.08 Å². The largest absolute Gasteiger partial charge is 0.496 e. The lowest BCUT2D eigenvalue weighted by Gasteiger charge is -2.13. The number of rotatable bonds is 6. The number of benzene rings is 2. The second kappa shape index (κ2) is 8.69. The zero-order chi connectivity index (χ0) is 17.5. The van der Waals surface area contributed by atoms with Gasteiger partial charge >= 0.3 is 0 Å². The molecule has 0 aliphatic carbocycles. The Morgan fingerprint density at radius 2 is 1.83 bits per heavy atom. The van der Waals surface area contributed by atoms with Crippen molar-refractivity contribution in [2.45, 2.75) is 26.7 Å². The third-order valence-corrected chi connectivity index (χ3v) is 4.47. The Bertz CT molecular complexity index is 731. The second-order valence-corrected chi connectivity index (χ2v) is 6.23. The van der Waals surface area contributed by atoms with Crippen LogP contribution < -0.4 is 10.1 Å². The number of halogens is 1. The number of carbonyl (C=O) groups excluding carboxylic acids is 1. The molecule has 0 heterocycles. The van der Waals surface area contributed by atoms with Gasteiger partial charge in [0.25, 0.3) is 0 Å². The van der Waals surface area contributed by atoms with Gasteiger partial charge in [-0.2, -0.15) is 0 Å². The summed E-state index contributed by atoms with van der Waals surface area (Å²) in [6.45, 7) is 4.18. The molecular weight excluding hydrogens is 366 g/mol. The van der Waals surface area contributed by atoms with E-state index in [1.54, 1.807) is 19.3 Å². The molecule has 3 nitrogen and oxygen atoms in total. The van der Waals surface area contributed by atoms with Crippen molar-refractivity contribution in [2.24, 2.45) is 0 Å². The van der Waals surface area contributed by atoms with Crippen LogP contribution in [-0.4, -0.2) is 13.0 Å². The molecule has 0 atom stereocenters. The van der Waals surface area contributed by atoms with Crippen molar-refractivity contribution in [1.29, 1.82) is 0 Å². The van der Waals surface area contributed by atoms with Crippen LogP contribution in [0.15, 0.2) is 46.9 Å². The fourth-order valence-electron chi connectivity index (χ4n) is 2.53. The minimum Gasteiger partial charge on any atom is -0.496 e. The van der Waals surface area contributed by atoms with Crippen molar-refractivity contribution >= 4 is 33.6 Å². The van der Waals surface area contributed by atoms with Crippen LogP contribution in [0.2, 0.25) is 0 Å². The highest BCUT2D eigenvalue weighted by atomic mass is 79.9. The first-order chi connectivity index (χ1) is 11.6. The summed E-state index contributed by atoms with van der Waals surface area (Å²) in [6.07, 6.45) is 5.12. The third kappa shape index (κ3) is 4.48. The predicted octanol–water partition coefficient (Wildman–Crippen LogP) is 5.23. The van der Waals surface area contributed by atoms with Gasteiger partial charge in [0, 0.05) is 11.8 Å². The molecule has 0 radical (unpaired) electrons. The Kier molecular flexibility index (Phi) is 6.62. The number of anilines is 1. The highest BCUT2D eigenvalue weighted by molar-refractivity contribution is 9.10. The van der Waals surface area contributed by atoms with E-state index in [9.17, 15) is 4.79 Å². The molecule has 0 aliphatic rings. The molecule has 2 aromatic carbocycles. The van der Waals surface area contributed by atoms with E-state index in [1.165, 1.54) is 0 Å². The molecule has 0 aliphatic heterocycles. The minimum atomic E-state index is -0.127. The molecule has 1 N–H and O–H groups in total. The van der Waals surface area contributed by atoms with Crippen LogP contribution in [-0.2, 0) is 17.6 Å². The smallest absolute Gasteiger partial charge is 0.248 e. The van der Waals surface area contributed by atoms with Gasteiger partial charge in [-0.3, -0.25) is 4.79 Å². The van der Waals surface area contributed by atoms with Gasteiger partial charge in [-0.1, -0.05) is 38.1 Å². The van der Waals surface area contributed by atoms with E-state index in [1.807, 2.05) is 24.3 Å². The molecule has 0 saturated heterocycles. The maximum Gasteiger partial charge on any atom is 0.248 e. The Balaban J connectivity index is 2.15. The fraction of sp³-hybridized carbons (Fsp3) is 0.250. The number of amides is 1. The van der Waals surface area contributed by atoms with E-state index in [0.29, 0.717) is 0 Å². The summed E-state index contributed by atoms with van der Waals surface area (Å²) >= 11 is 3.45. The minimum absolute atomic E-state index is 0.127. The van der Waals surface area contributed by atoms with E-state index < -0.39 is 0 Å². The summed E-state index contributed by atoms with van der Waals surface area (Å²) in [5, 5.41) is 3.03. The number of hydrogen-bond acceptors (Lipinski definition) is 2. The first kappa shape index (κ1) is 18.3. The first-order valence-corrected chi connectivity index (χ1v) is 8.81. The van der Waals surface area contributed by atoms with Crippen LogP contribution in [0.1, 0.15) is 30.5 Å². The summed E-state index contributed by atoms with van der Waals surface area (Å²) in [6, 6.07) is 11.8. The van der Waals surface area contributed by atoms with Crippen LogP contribution in [0, 0.1) is 0 Å². The third-order valence-electron chi connectivity index (χ3n) is 3.85. The van der Waals surface area contributed by atoms with Crippen molar-refractivity contribution in [2.75, 3.05) is 12.4 Å². The number of nitrogens with one attached hydrogen (secondary N) is 1. The maximum absolute atomic E-state index is 12.3. The highest BCUT2D eigenvalue weighted by Gasteiger charge is 2.08. The average Bonchev–Trinajstić information content (AvgIpc) is 2.60. The topological polar surface area (TPSA) is 38.3 Å². The number of para-hydroxylation sites is 1. The van der Waals surface area contributed by atoms with Crippen molar-refractivity contribution in [1.82, 2.24) is 0 Å². The quantitative estimate of drug-likeness (QED) is 0.688. The molecule has 126 valence electrons. The molecule has 24 heavy (non-hydrogen) atoms. The number of aryl methyl sites for hydroxylation is 2. The lowest BCUT2D eigenvalue weighted by atomic mass is 10.0. The molecule has 1 amide bonds. The Morgan fingerprint density at radius 1 is 1.17 bits per heavy atom. The number of hydrogen-bond donors (Lipinski definition) is 1. The number of ether oxygens (including phenoxy) is 1. The second-order valence-electron chi connectivity index (χ2n) is 5.37. The molecule has 0 aromatic heterocycles. The van der Waals surface area contributed by atoms with Gasteiger partial charge in [0.2, 0.25) is 5.91 Å². The molecule has 2 aromatic rings. The monoisotopic (exact) mass is 387 g/mol. The predicted molar refractivity (Wildman–Crippen MR) is 104 cm³/mol. The Hall–Kier alpha value is -2.07. The van der Waals surface area contributed by atoms with Gasteiger partial charge in [0.1, 0.15) is 5.75 Å². The standard InChI is InChI=1S/C20H22BrNO2/c1-4-15-7-6-8-16(5-2)20(15)22-19(23)12-10-14-9-11-18(24-3)17(21)13-14/h6-13H,4-5H2,1-3H3,(H,22,23)/b12-10+. The summed E-state index contributed by atoms with van der Waals surface area (Å²) < 4.78 is 6.06. The van der Waals surface area contributed by atoms with E-state index in [-0.39, 0.29) is 5.91 Å². The summed E-state index contributed by atoms with van der Waals surface area (Å²) in [5.74, 6) is 0.638. The van der Waals surface area contributed by atoms with Gasteiger partial charge in [-0.25, -0.2) is 0 Å². The van der Waals surface area contributed by atoms with Crippen LogP contribution in [0.3, 0.4) is 0 Å². The molecule has 0 fully saturated rings. The number of methoxy groups -OCH3 is 1. The van der Waals surface area contributed by atoms with E-state index in [4.69, 9.17) is 4.74 Å². The van der Waals surface area contributed by atoms with E-state index >= 15 is 0 Å². The molecule has 0 unspecified atom stereocenters. The highest BCUT2D eigenvalue weighted by Crippen LogP contribution is 2.26. The average molecular weight is 388 g/mol. The van der Waals surface area contributed by atoms with E-state index in [2.05, 4.69) is 47.2 Å². The van der Waals surface area contributed by atoms with Gasteiger partial charge in [-0.05, 0) is 63.7 Å². The van der Waals surface area contributed by atoms with Crippen molar-refractivity contribution in [3.8, 4) is 5.75 Å². The molecule has 0 spiro atoms. The zero-order valence-electron chi connectivity index (χ0n) is 14.2. The summed E-state index contributed by atoms with van der Waals surface area (Å²) in [4.78, 5) is 12.3. The summed E-state index contributed by atoms with van der Waals surface area (Å²) in [7, 11) is 1.62. The lowest BCUT2D eigenvalue weighted by molar-refractivity contribution is -0.111. The van der Waals surface area contributed by atoms with Crippen molar-refractivity contribution in [3.05, 3.63) is 63.6 Å². The Labute approximate surface area is 151 Å². The van der Waals surface area contributed by atoms with Gasteiger partial charge in [0.05, 0.1) is 11.6 Å². The van der Waals surface area contributed by atoms with Crippen LogP contribution >= 0.6 is 15.9 Å². The SMILES string of the molecule is CCc1cccc(CC)c1NC(=O)/C=C/c1ccc(OC)c(Br)c1. The van der Waals surface area contributed by atoms with Crippen molar-refractivity contribution in [3.63, 3.8) is 0 Å². The number of carbonyl (C=O) groups is 1. The zero-order valence-corrected chi connectivity index (χ0v) is 15.8. The Morgan fingerprint density at radius 3 is 2.38 bits per heavy atom. The first-order valence-electron chi connectivity index (χ1n) is 8.02. The van der Waals surface area contributed by atoms with Gasteiger partial charge < -0.3 is 10.1 Å². The molecule has 0 bridgehead atoms. The van der Waals surface area contributed by atoms with Gasteiger partial charge in [0.15, 0.2) is 0 Å². The van der Waals surface area contributed by atoms with Gasteiger partial charge in [-0.15, -0.1) is 0 Å². The normalized spacial score (nSPS) is 10.8. The van der Waals surface area contributed by atoms with Crippen LogP contribution in [0.4, 0.5) is 5.69 Å². The van der Waals surface area contributed by atoms with E-state index in [0.717, 1.165) is 45.4 Å². The maximum atomic E-state index is 12.3. The molecule has 2 rings (SSSR count). The fourth-order valence-corrected chi connectivity index (χ4v) is 3.08. The molecular formula is C20H22BrNO2.